The van der Waals surface area contributed by atoms with Crippen LogP contribution in [0.3, 0.4) is 0 Å². The van der Waals surface area contributed by atoms with Crippen LogP contribution in [0.5, 0.6) is 0 Å². The Bertz CT molecular complexity index is 1110. The molecule has 0 unspecified atom stereocenters. The summed E-state index contributed by atoms with van der Waals surface area (Å²) in [6.45, 7) is 2.40. The maximum atomic E-state index is 13.0. The topological polar surface area (TPSA) is 83.3 Å². The van der Waals surface area contributed by atoms with Gasteiger partial charge in [0.05, 0.1) is 0 Å². The van der Waals surface area contributed by atoms with Gasteiger partial charge >= 0.3 is 12.0 Å². The van der Waals surface area contributed by atoms with E-state index in [9.17, 15) is 4.79 Å². The van der Waals surface area contributed by atoms with E-state index < -0.39 is 0 Å². The highest BCUT2D eigenvalue weighted by Gasteiger charge is 2.18. The number of carbonyl (C=O) groups is 1. The molecule has 7 heteroatoms. The number of nitrogens with one attached hydrogen (secondary N) is 2. The van der Waals surface area contributed by atoms with Crippen LogP contribution in [0.15, 0.2) is 89.3 Å². The molecule has 0 saturated heterocycles. The van der Waals surface area contributed by atoms with Gasteiger partial charge in [0.15, 0.2) is 0 Å². The molecule has 0 saturated carbocycles. The van der Waals surface area contributed by atoms with E-state index in [1.165, 1.54) is 0 Å². The second kappa shape index (κ2) is 9.58. The van der Waals surface area contributed by atoms with Gasteiger partial charge in [-0.3, -0.25) is 4.90 Å². The molecule has 0 aliphatic carbocycles. The van der Waals surface area contributed by atoms with E-state index in [4.69, 9.17) is 4.42 Å². The van der Waals surface area contributed by atoms with E-state index in [2.05, 4.69) is 20.8 Å². The largest absolute Gasteiger partial charge is 0.408 e. The quantitative estimate of drug-likeness (QED) is 0.424. The highest BCUT2D eigenvalue weighted by Crippen LogP contribution is 2.19. The van der Waals surface area contributed by atoms with Crippen molar-refractivity contribution in [2.75, 3.05) is 22.1 Å². The summed E-state index contributed by atoms with van der Waals surface area (Å²) >= 11 is 0. The molecule has 0 spiro atoms. The van der Waals surface area contributed by atoms with Crippen molar-refractivity contribution in [1.82, 2.24) is 10.2 Å². The van der Waals surface area contributed by atoms with Crippen LogP contribution in [0.25, 0.3) is 0 Å². The van der Waals surface area contributed by atoms with Crippen molar-refractivity contribution in [1.29, 1.82) is 0 Å². The Labute approximate surface area is 180 Å². The SMILES string of the molecule is Cc1ccc(N(CCc2nnc(Nc3ccccc3)o2)C(=O)Nc2ccccc2)cc1. The Hall–Kier alpha value is -4.13. The first-order valence-corrected chi connectivity index (χ1v) is 10.0. The summed E-state index contributed by atoms with van der Waals surface area (Å²) in [5.41, 5.74) is 3.51. The van der Waals surface area contributed by atoms with Crippen LogP contribution >= 0.6 is 0 Å². The third kappa shape index (κ3) is 5.48. The molecule has 1 aromatic heterocycles. The van der Waals surface area contributed by atoms with Crippen molar-refractivity contribution < 1.29 is 9.21 Å². The third-order valence-electron chi connectivity index (χ3n) is 4.66. The fourth-order valence-electron chi connectivity index (χ4n) is 3.04. The Balaban J connectivity index is 1.46. The number of hydrogen-bond acceptors (Lipinski definition) is 5. The van der Waals surface area contributed by atoms with Crippen molar-refractivity contribution in [2.24, 2.45) is 0 Å². The molecule has 1 heterocycles. The molecule has 3 aromatic carbocycles. The maximum absolute atomic E-state index is 13.0. The number of carbonyl (C=O) groups excluding carboxylic acids is 1. The fourth-order valence-corrected chi connectivity index (χ4v) is 3.04. The molecule has 0 aliphatic heterocycles. The predicted molar refractivity (Wildman–Crippen MR) is 122 cm³/mol. The number of nitrogens with zero attached hydrogens (tertiary/aromatic N) is 3. The van der Waals surface area contributed by atoms with E-state index in [0.29, 0.717) is 24.9 Å². The molecular formula is C24H23N5O2. The highest BCUT2D eigenvalue weighted by molar-refractivity contribution is 6.01. The lowest BCUT2D eigenvalue weighted by atomic mass is 10.2. The summed E-state index contributed by atoms with van der Waals surface area (Å²) in [5, 5.41) is 14.1. The lowest BCUT2D eigenvalue weighted by Gasteiger charge is -2.23. The van der Waals surface area contributed by atoms with Crippen LogP contribution < -0.4 is 15.5 Å². The molecule has 0 bridgehead atoms. The number of anilines is 4. The van der Waals surface area contributed by atoms with Gasteiger partial charge in [0.1, 0.15) is 0 Å². The average Bonchev–Trinajstić information content (AvgIpc) is 3.23. The van der Waals surface area contributed by atoms with Crippen LogP contribution in [0, 0.1) is 6.92 Å². The molecule has 0 aliphatic rings. The summed E-state index contributed by atoms with van der Waals surface area (Å²) < 4.78 is 5.70. The lowest BCUT2D eigenvalue weighted by Crippen LogP contribution is -2.36. The molecule has 2 N–H and O–H groups in total. The fraction of sp³-hybridized carbons (Fsp3) is 0.125. The summed E-state index contributed by atoms with van der Waals surface area (Å²) in [4.78, 5) is 14.7. The van der Waals surface area contributed by atoms with Crippen molar-refractivity contribution in [3.05, 3.63) is 96.4 Å². The zero-order valence-electron chi connectivity index (χ0n) is 17.2. The number of para-hydroxylation sites is 2. The molecule has 0 radical (unpaired) electrons. The summed E-state index contributed by atoms with van der Waals surface area (Å²) in [6, 6.07) is 26.9. The third-order valence-corrected chi connectivity index (χ3v) is 4.66. The van der Waals surface area contributed by atoms with E-state index >= 15 is 0 Å². The Morgan fingerprint density at radius 2 is 1.52 bits per heavy atom. The normalized spacial score (nSPS) is 10.5. The summed E-state index contributed by atoms with van der Waals surface area (Å²) in [5.74, 6) is 0.447. The zero-order chi connectivity index (χ0) is 21.5. The number of benzene rings is 3. The molecule has 31 heavy (non-hydrogen) atoms. The molecule has 4 rings (SSSR count). The van der Waals surface area contributed by atoms with Crippen molar-refractivity contribution in [2.45, 2.75) is 13.3 Å². The number of aryl methyl sites for hydroxylation is 1. The molecule has 156 valence electrons. The van der Waals surface area contributed by atoms with Gasteiger partial charge in [0.25, 0.3) is 0 Å². The van der Waals surface area contributed by atoms with Gasteiger partial charge in [-0.1, -0.05) is 59.2 Å². The minimum atomic E-state index is -0.225. The van der Waals surface area contributed by atoms with Crippen LogP contribution in [0.2, 0.25) is 0 Å². The van der Waals surface area contributed by atoms with Crippen LogP contribution in [-0.2, 0) is 6.42 Å². The summed E-state index contributed by atoms with van der Waals surface area (Å²) in [6.07, 6.45) is 0.416. The summed E-state index contributed by atoms with van der Waals surface area (Å²) in [7, 11) is 0. The molecule has 0 atom stereocenters. The van der Waals surface area contributed by atoms with E-state index in [0.717, 1.165) is 22.6 Å². The molecule has 7 nitrogen and oxygen atoms in total. The van der Waals surface area contributed by atoms with Gasteiger partial charge < -0.3 is 15.1 Å². The number of aromatic nitrogens is 2. The molecule has 4 aromatic rings. The number of hydrogen-bond donors (Lipinski definition) is 2. The minimum Gasteiger partial charge on any atom is -0.408 e. The van der Waals surface area contributed by atoms with Crippen LogP contribution in [0.1, 0.15) is 11.5 Å². The van der Waals surface area contributed by atoms with Crippen molar-refractivity contribution >= 4 is 29.1 Å². The first-order chi connectivity index (χ1) is 15.2. The monoisotopic (exact) mass is 413 g/mol. The lowest BCUT2D eigenvalue weighted by molar-refractivity contribution is 0.257. The smallest absolute Gasteiger partial charge is 0.326 e. The number of rotatable bonds is 7. The minimum absolute atomic E-state index is 0.225. The zero-order valence-corrected chi connectivity index (χ0v) is 17.2. The average molecular weight is 413 g/mol. The molecule has 2 amide bonds. The van der Waals surface area contributed by atoms with E-state index in [1.54, 1.807) is 4.90 Å². The second-order valence-electron chi connectivity index (χ2n) is 7.03. The Kier molecular flexibility index (Phi) is 6.23. The van der Waals surface area contributed by atoms with Gasteiger partial charge in [0.2, 0.25) is 5.89 Å². The van der Waals surface area contributed by atoms with Crippen molar-refractivity contribution in [3.8, 4) is 0 Å². The standard InChI is InChI=1S/C24H23N5O2/c1-18-12-14-21(15-13-18)29(24(30)26-20-10-6-3-7-11-20)17-16-22-27-28-23(31-22)25-19-8-4-2-5-9-19/h2-15H,16-17H2,1H3,(H,25,28)(H,26,30). The van der Waals surface area contributed by atoms with Gasteiger partial charge in [-0.2, -0.15) is 0 Å². The molecule has 0 fully saturated rings. The first kappa shape index (κ1) is 20.2. The van der Waals surface area contributed by atoms with E-state index in [1.807, 2.05) is 91.9 Å². The van der Waals surface area contributed by atoms with Crippen molar-refractivity contribution in [3.63, 3.8) is 0 Å². The van der Waals surface area contributed by atoms with Crippen LogP contribution in [0.4, 0.5) is 27.9 Å². The second-order valence-corrected chi connectivity index (χ2v) is 7.03. The van der Waals surface area contributed by atoms with Gasteiger partial charge in [-0.05, 0) is 43.3 Å². The van der Waals surface area contributed by atoms with Gasteiger partial charge in [0, 0.05) is 30.0 Å². The highest BCUT2D eigenvalue weighted by atomic mass is 16.4. The number of amides is 2. The Morgan fingerprint density at radius 1 is 0.871 bits per heavy atom. The van der Waals surface area contributed by atoms with Crippen LogP contribution in [-0.4, -0.2) is 22.8 Å². The Morgan fingerprint density at radius 3 is 2.19 bits per heavy atom. The first-order valence-electron chi connectivity index (χ1n) is 10.0. The maximum Gasteiger partial charge on any atom is 0.326 e. The number of urea groups is 1. The van der Waals surface area contributed by atoms with E-state index in [-0.39, 0.29) is 6.03 Å². The predicted octanol–water partition coefficient (Wildman–Crippen LogP) is 5.40. The van der Waals surface area contributed by atoms with Gasteiger partial charge in [-0.15, -0.1) is 5.10 Å². The van der Waals surface area contributed by atoms with Gasteiger partial charge in [-0.25, -0.2) is 4.79 Å². The molecular weight excluding hydrogens is 390 g/mol.